The van der Waals surface area contributed by atoms with E-state index in [-0.39, 0.29) is 24.8 Å². The summed E-state index contributed by atoms with van der Waals surface area (Å²) >= 11 is 18.4. The number of rotatable bonds is 9. The molecule has 0 spiro atoms. The van der Waals surface area contributed by atoms with Gasteiger partial charge in [-0.3, -0.25) is 9.59 Å². The molecular weight excluding hydrogens is 443 g/mol. The molecule has 0 aromatic heterocycles. The summed E-state index contributed by atoms with van der Waals surface area (Å²) in [4.78, 5) is 27.8. The Labute approximate surface area is 193 Å². The highest BCUT2D eigenvalue weighted by Gasteiger charge is 2.29. The molecule has 0 fully saturated rings. The molecule has 7 heteroatoms. The summed E-state index contributed by atoms with van der Waals surface area (Å²) in [7, 11) is 0. The van der Waals surface area contributed by atoms with E-state index in [1.54, 1.807) is 23.1 Å². The maximum atomic E-state index is 13.3. The van der Waals surface area contributed by atoms with E-state index in [0.29, 0.717) is 34.0 Å². The van der Waals surface area contributed by atoms with Gasteiger partial charge in [-0.05, 0) is 41.7 Å². The van der Waals surface area contributed by atoms with Crippen molar-refractivity contribution in [3.8, 4) is 0 Å². The monoisotopic (exact) mass is 468 g/mol. The van der Waals surface area contributed by atoms with E-state index >= 15 is 0 Å². The quantitative estimate of drug-likeness (QED) is 0.507. The van der Waals surface area contributed by atoms with Gasteiger partial charge in [0.05, 0.1) is 16.5 Å². The Balaban J connectivity index is 2.31. The van der Waals surface area contributed by atoms with Crippen LogP contribution in [0.2, 0.25) is 15.1 Å². The minimum atomic E-state index is -0.604. The first-order valence-corrected chi connectivity index (χ1v) is 11.1. The summed E-state index contributed by atoms with van der Waals surface area (Å²) in [5, 5.41) is 4.32. The molecule has 1 atom stereocenters. The Hall–Kier alpha value is -1.75. The van der Waals surface area contributed by atoms with Gasteiger partial charge in [-0.1, -0.05) is 79.8 Å². The van der Waals surface area contributed by atoms with Crippen LogP contribution in [0.25, 0.3) is 0 Å². The Bertz CT molecular complexity index is 887. The van der Waals surface area contributed by atoms with Gasteiger partial charge in [0, 0.05) is 18.1 Å². The number of benzene rings is 2. The lowest BCUT2D eigenvalue weighted by atomic mass is 10.1. The maximum Gasteiger partial charge on any atom is 0.242 e. The second kappa shape index (κ2) is 11.6. The van der Waals surface area contributed by atoms with Crippen molar-refractivity contribution in [1.82, 2.24) is 10.2 Å². The minimum absolute atomic E-state index is 0.106. The van der Waals surface area contributed by atoms with Crippen molar-refractivity contribution in [2.24, 2.45) is 5.92 Å². The van der Waals surface area contributed by atoms with Crippen molar-refractivity contribution in [2.45, 2.75) is 46.2 Å². The summed E-state index contributed by atoms with van der Waals surface area (Å²) in [6, 6.07) is 11.8. The van der Waals surface area contributed by atoms with Crippen LogP contribution in [0, 0.1) is 5.92 Å². The van der Waals surface area contributed by atoms with Crippen LogP contribution >= 0.6 is 34.8 Å². The fraction of sp³-hybridized carbons (Fsp3) is 0.391. The highest BCUT2D eigenvalue weighted by molar-refractivity contribution is 6.42. The lowest BCUT2D eigenvalue weighted by molar-refractivity contribution is -0.141. The highest BCUT2D eigenvalue weighted by atomic mass is 35.5. The standard InChI is InChI=1S/C23H27Cl3N2O2/c1-4-21(23(30)27-13-15(2)3)28(14-16-9-10-19(25)20(26)11-16)22(29)12-17-7-5-6-8-18(17)24/h5-11,15,21H,4,12-14H2,1-3H3,(H,27,30). The first-order valence-electron chi connectivity index (χ1n) is 9.97. The second-order valence-corrected chi connectivity index (χ2v) is 8.82. The molecule has 0 radical (unpaired) electrons. The molecule has 0 aliphatic rings. The predicted molar refractivity (Wildman–Crippen MR) is 124 cm³/mol. The smallest absolute Gasteiger partial charge is 0.242 e. The van der Waals surface area contributed by atoms with Crippen molar-refractivity contribution < 1.29 is 9.59 Å². The number of carbonyl (C=O) groups excluding carboxylic acids is 2. The lowest BCUT2D eigenvalue weighted by Gasteiger charge is -2.31. The third-order valence-electron chi connectivity index (χ3n) is 4.71. The van der Waals surface area contributed by atoms with Gasteiger partial charge in [-0.15, -0.1) is 0 Å². The molecular formula is C23H27Cl3N2O2. The van der Waals surface area contributed by atoms with Gasteiger partial charge in [0.2, 0.25) is 11.8 Å². The Kier molecular flexibility index (Phi) is 9.47. The average Bonchev–Trinajstić information content (AvgIpc) is 2.70. The Morgan fingerprint density at radius 3 is 2.30 bits per heavy atom. The molecule has 2 rings (SSSR count). The number of amides is 2. The zero-order valence-electron chi connectivity index (χ0n) is 17.4. The predicted octanol–water partition coefficient (Wildman–Crippen LogP) is 5.77. The number of halogens is 3. The fourth-order valence-corrected chi connectivity index (χ4v) is 3.61. The fourth-order valence-electron chi connectivity index (χ4n) is 3.08. The third-order valence-corrected chi connectivity index (χ3v) is 5.81. The molecule has 0 saturated heterocycles. The SMILES string of the molecule is CCC(C(=O)NCC(C)C)N(Cc1ccc(Cl)c(Cl)c1)C(=O)Cc1ccccc1Cl. The summed E-state index contributed by atoms with van der Waals surface area (Å²) in [6.45, 7) is 6.74. The zero-order chi connectivity index (χ0) is 22.3. The van der Waals surface area contributed by atoms with Crippen molar-refractivity contribution in [1.29, 1.82) is 0 Å². The van der Waals surface area contributed by atoms with E-state index in [9.17, 15) is 9.59 Å². The molecule has 0 aliphatic carbocycles. The van der Waals surface area contributed by atoms with Crippen LogP contribution in [0.1, 0.15) is 38.3 Å². The van der Waals surface area contributed by atoms with Crippen LogP contribution in [-0.4, -0.2) is 29.3 Å². The first kappa shape index (κ1) is 24.5. The van der Waals surface area contributed by atoms with Crippen LogP contribution in [0.5, 0.6) is 0 Å². The van der Waals surface area contributed by atoms with Gasteiger partial charge >= 0.3 is 0 Å². The molecule has 0 bridgehead atoms. The van der Waals surface area contributed by atoms with Crippen molar-refractivity contribution >= 4 is 46.6 Å². The average molecular weight is 470 g/mol. The summed E-state index contributed by atoms with van der Waals surface area (Å²) in [6.07, 6.45) is 0.592. The Morgan fingerprint density at radius 1 is 1.00 bits per heavy atom. The van der Waals surface area contributed by atoms with Crippen LogP contribution in [-0.2, 0) is 22.6 Å². The number of hydrogen-bond acceptors (Lipinski definition) is 2. The van der Waals surface area contributed by atoms with Crippen molar-refractivity contribution in [2.75, 3.05) is 6.54 Å². The van der Waals surface area contributed by atoms with E-state index in [4.69, 9.17) is 34.8 Å². The normalized spacial score (nSPS) is 12.0. The van der Waals surface area contributed by atoms with E-state index in [2.05, 4.69) is 5.32 Å². The van der Waals surface area contributed by atoms with Crippen LogP contribution in [0.15, 0.2) is 42.5 Å². The summed E-state index contributed by atoms with van der Waals surface area (Å²) < 4.78 is 0. The molecule has 30 heavy (non-hydrogen) atoms. The third kappa shape index (κ3) is 6.90. The second-order valence-electron chi connectivity index (χ2n) is 7.60. The molecule has 0 aliphatic heterocycles. The van der Waals surface area contributed by atoms with E-state index in [1.807, 2.05) is 45.0 Å². The molecule has 0 saturated carbocycles. The van der Waals surface area contributed by atoms with Crippen molar-refractivity contribution in [3.05, 3.63) is 68.7 Å². The molecule has 2 aromatic carbocycles. The van der Waals surface area contributed by atoms with Crippen LogP contribution < -0.4 is 5.32 Å². The lowest BCUT2D eigenvalue weighted by Crippen LogP contribution is -2.50. The molecule has 0 heterocycles. The van der Waals surface area contributed by atoms with Gasteiger partial charge in [0.25, 0.3) is 0 Å². The number of nitrogens with one attached hydrogen (secondary N) is 1. The van der Waals surface area contributed by atoms with Crippen LogP contribution in [0.4, 0.5) is 0 Å². The summed E-state index contributed by atoms with van der Waals surface area (Å²) in [5.74, 6) is -0.0340. The van der Waals surface area contributed by atoms with Gasteiger partial charge in [0.1, 0.15) is 6.04 Å². The molecule has 1 N–H and O–H groups in total. The summed E-state index contributed by atoms with van der Waals surface area (Å²) in [5.41, 5.74) is 1.52. The van der Waals surface area contributed by atoms with E-state index in [1.165, 1.54) is 0 Å². The van der Waals surface area contributed by atoms with Gasteiger partial charge in [-0.25, -0.2) is 0 Å². The van der Waals surface area contributed by atoms with Gasteiger partial charge in [-0.2, -0.15) is 0 Å². The largest absolute Gasteiger partial charge is 0.354 e. The number of carbonyl (C=O) groups is 2. The molecule has 162 valence electrons. The molecule has 2 aromatic rings. The van der Waals surface area contributed by atoms with E-state index < -0.39 is 6.04 Å². The number of hydrogen-bond donors (Lipinski definition) is 1. The number of nitrogens with zero attached hydrogens (tertiary/aromatic N) is 1. The van der Waals surface area contributed by atoms with Crippen LogP contribution in [0.3, 0.4) is 0 Å². The minimum Gasteiger partial charge on any atom is -0.354 e. The highest BCUT2D eigenvalue weighted by Crippen LogP contribution is 2.25. The van der Waals surface area contributed by atoms with Crippen molar-refractivity contribution in [3.63, 3.8) is 0 Å². The van der Waals surface area contributed by atoms with E-state index in [0.717, 1.165) is 11.1 Å². The molecule has 2 amide bonds. The Morgan fingerprint density at radius 2 is 1.70 bits per heavy atom. The molecule has 1 unspecified atom stereocenters. The van der Waals surface area contributed by atoms with Gasteiger partial charge in [0.15, 0.2) is 0 Å². The first-order chi connectivity index (χ1) is 14.2. The topological polar surface area (TPSA) is 49.4 Å². The molecule has 4 nitrogen and oxygen atoms in total. The zero-order valence-corrected chi connectivity index (χ0v) is 19.7. The maximum absolute atomic E-state index is 13.3. The van der Waals surface area contributed by atoms with Gasteiger partial charge < -0.3 is 10.2 Å².